The highest BCUT2D eigenvalue weighted by Gasteiger charge is 2.27. The van der Waals surface area contributed by atoms with E-state index in [2.05, 4.69) is 10.3 Å². The highest BCUT2D eigenvalue weighted by Crippen LogP contribution is 2.38. The number of rotatable bonds is 8. The number of aliphatic hydroxyl groups is 1. The number of aliphatic hydroxyl groups excluding tert-OH is 1. The van der Waals surface area contributed by atoms with Crippen molar-refractivity contribution in [3.63, 3.8) is 0 Å². The van der Waals surface area contributed by atoms with E-state index < -0.39 is 9.84 Å². The normalized spacial score (nSPS) is 19.5. The van der Waals surface area contributed by atoms with Gasteiger partial charge in [0.15, 0.2) is 9.84 Å². The predicted octanol–water partition coefficient (Wildman–Crippen LogP) is 2.12. The fraction of sp³-hybridized carbons (Fsp3) is 0.391. The Labute approximate surface area is 181 Å². The first-order chi connectivity index (χ1) is 14.9. The molecule has 1 saturated heterocycles. The summed E-state index contributed by atoms with van der Waals surface area (Å²) in [6.45, 7) is -0.179. The van der Waals surface area contributed by atoms with Crippen molar-refractivity contribution in [2.45, 2.75) is 49.0 Å². The second-order valence-electron chi connectivity index (χ2n) is 8.14. The zero-order valence-corrected chi connectivity index (χ0v) is 18.0. The lowest BCUT2D eigenvalue weighted by molar-refractivity contribution is -0.119. The molecule has 2 aliphatic rings. The quantitative estimate of drug-likeness (QED) is 0.579. The first-order valence-corrected chi connectivity index (χ1v) is 12.2. The number of carbonyl (C=O) groups is 1. The number of sulfone groups is 1. The molecule has 1 aromatic heterocycles. The van der Waals surface area contributed by atoms with Gasteiger partial charge in [0.1, 0.15) is 0 Å². The third-order valence-corrected chi connectivity index (χ3v) is 7.56. The number of hydrogen-bond donors (Lipinski definition) is 3. The van der Waals surface area contributed by atoms with Crippen molar-refractivity contribution in [3.8, 4) is 0 Å². The molecule has 2 fully saturated rings. The third-order valence-electron chi connectivity index (χ3n) is 5.74. The van der Waals surface area contributed by atoms with Crippen LogP contribution in [0.15, 0.2) is 52.2 Å². The minimum absolute atomic E-state index is 0.0106. The zero-order chi connectivity index (χ0) is 22.0. The van der Waals surface area contributed by atoms with Crippen LogP contribution < -0.4 is 10.9 Å². The number of hydrogen-bond acceptors (Lipinski definition) is 5. The number of aromatic amines is 1. The minimum Gasteiger partial charge on any atom is -0.396 e. The van der Waals surface area contributed by atoms with E-state index in [-0.39, 0.29) is 41.2 Å². The van der Waals surface area contributed by atoms with Crippen LogP contribution in [0.5, 0.6) is 0 Å². The fourth-order valence-electron chi connectivity index (χ4n) is 3.88. The molecule has 0 spiro atoms. The first-order valence-electron chi connectivity index (χ1n) is 10.6. The smallest absolute Gasteiger partial charge is 0.251 e. The monoisotopic (exact) mass is 442 g/mol. The molecule has 3 N–H and O–H groups in total. The highest BCUT2D eigenvalue weighted by molar-refractivity contribution is 7.91. The van der Waals surface area contributed by atoms with Crippen LogP contribution in [0.1, 0.15) is 54.8 Å². The topological polar surface area (TPSA) is 116 Å². The Balaban J connectivity index is 1.69. The standard InChI is InChI=1S/C23H26N2O5S/c26-12-1-13-31(29,30)18-7-4-16(5-8-18)20(14-17-6-11-22(27)24-17)21-10-9-19(15-2-3-15)23(28)25-21/h4-5,7-10,14-15,17,26H,1-3,6,11-13H2,(H,24,27)(H,25,28)/t17-/m1/s1. The first kappa shape index (κ1) is 21.5. The summed E-state index contributed by atoms with van der Waals surface area (Å²) < 4.78 is 24.8. The average Bonchev–Trinajstić information content (AvgIpc) is 3.51. The van der Waals surface area contributed by atoms with E-state index in [1.165, 1.54) is 0 Å². The minimum atomic E-state index is -3.47. The van der Waals surface area contributed by atoms with Crippen LogP contribution in [0.3, 0.4) is 0 Å². The molecule has 7 nitrogen and oxygen atoms in total. The molecular weight excluding hydrogens is 416 g/mol. The van der Waals surface area contributed by atoms with Gasteiger partial charge in [-0.25, -0.2) is 8.42 Å². The van der Waals surface area contributed by atoms with Crippen LogP contribution in [0.4, 0.5) is 0 Å². The van der Waals surface area contributed by atoms with Gasteiger partial charge < -0.3 is 15.4 Å². The van der Waals surface area contributed by atoms with Crippen molar-refractivity contribution in [1.29, 1.82) is 0 Å². The van der Waals surface area contributed by atoms with Gasteiger partial charge in [-0.3, -0.25) is 9.59 Å². The van der Waals surface area contributed by atoms with Crippen LogP contribution in [0.25, 0.3) is 5.57 Å². The van der Waals surface area contributed by atoms with Crippen molar-refractivity contribution in [2.24, 2.45) is 0 Å². The molecule has 1 saturated carbocycles. The van der Waals surface area contributed by atoms with Gasteiger partial charge in [0.25, 0.3) is 5.56 Å². The van der Waals surface area contributed by atoms with E-state index in [1.54, 1.807) is 24.3 Å². The molecule has 0 radical (unpaired) electrons. The molecule has 1 amide bonds. The van der Waals surface area contributed by atoms with Crippen molar-refractivity contribution in [2.75, 3.05) is 12.4 Å². The molecule has 2 heterocycles. The van der Waals surface area contributed by atoms with Gasteiger partial charge in [-0.2, -0.15) is 0 Å². The summed E-state index contributed by atoms with van der Waals surface area (Å²) >= 11 is 0. The highest BCUT2D eigenvalue weighted by atomic mass is 32.2. The Bertz CT molecular complexity index is 1160. The van der Waals surface area contributed by atoms with Crippen molar-refractivity contribution in [3.05, 3.63) is 69.6 Å². The molecule has 1 aromatic carbocycles. The maximum atomic E-state index is 12.6. The maximum Gasteiger partial charge on any atom is 0.251 e. The van der Waals surface area contributed by atoms with E-state index in [0.717, 1.165) is 29.5 Å². The molecule has 8 heteroatoms. The van der Waals surface area contributed by atoms with Crippen molar-refractivity contribution < 1.29 is 18.3 Å². The Kier molecular flexibility index (Phi) is 6.11. The summed E-state index contributed by atoms with van der Waals surface area (Å²) in [5.74, 6) is 0.210. The number of pyridine rings is 1. The predicted molar refractivity (Wildman–Crippen MR) is 117 cm³/mol. The summed E-state index contributed by atoms with van der Waals surface area (Å²) in [4.78, 5) is 27.4. The van der Waals surface area contributed by atoms with Crippen LogP contribution in [0.2, 0.25) is 0 Å². The summed E-state index contributed by atoms with van der Waals surface area (Å²) in [5, 5.41) is 11.8. The maximum absolute atomic E-state index is 12.6. The lowest BCUT2D eigenvalue weighted by atomic mass is 9.98. The Morgan fingerprint density at radius 2 is 1.81 bits per heavy atom. The van der Waals surface area contributed by atoms with Gasteiger partial charge >= 0.3 is 0 Å². The van der Waals surface area contributed by atoms with Gasteiger partial charge in [-0.15, -0.1) is 0 Å². The second kappa shape index (κ2) is 8.80. The van der Waals surface area contributed by atoms with Crippen molar-refractivity contribution >= 4 is 21.3 Å². The molecule has 0 bridgehead atoms. The molecule has 4 rings (SSSR count). The molecular formula is C23H26N2O5S. The molecule has 2 aromatic rings. The van der Waals surface area contributed by atoms with E-state index in [0.29, 0.717) is 24.5 Å². The Morgan fingerprint density at radius 1 is 1.06 bits per heavy atom. The molecule has 1 atom stereocenters. The third kappa shape index (κ3) is 4.97. The van der Waals surface area contributed by atoms with Gasteiger partial charge in [0.2, 0.25) is 5.91 Å². The molecule has 164 valence electrons. The number of H-pyrrole nitrogens is 1. The zero-order valence-electron chi connectivity index (χ0n) is 17.1. The molecule has 31 heavy (non-hydrogen) atoms. The average molecular weight is 443 g/mol. The Morgan fingerprint density at radius 3 is 2.39 bits per heavy atom. The lowest BCUT2D eigenvalue weighted by Gasteiger charge is -2.13. The Hall–Kier alpha value is -2.71. The van der Waals surface area contributed by atoms with Crippen LogP contribution in [-0.4, -0.2) is 42.8 Å². The van der Waals surface area contributed by atoms with Gasteiger partial charge in [-0.1, -0.05) is 24.3 Å². The summed E-state index contributed by atoms with van der Waals surface area (Å²) in [5.41, 5.74) is 2.81. The lowest BCUT2D eigenvalue weighted by Crippen LogP contribution is -2.23. The number of aromatic nitrogens is 1. The SMILES string of the molecule is O=C1CC[C@H](C=C(c2ccc(S(=O)(=O)CCCO)cc2)c2ccc(C3CC3)c(=O)[nH]2)N1. The van der Waals surface area contributed by atoms with E-state index in [4.69, 9.17) is 5.11 Å². The number of benzene rings is 1. The fourth-order valence-corrected chi connectivity index (χ4v) is 5.17. The summed E-state index contributed by atoms with van der Waals surface area (Å²) in [6.07, 6.45) is 5.29. The number of carbonyl (C=O) groups excluding carboxylic acids is 1. The largest absolute Gasteiger partial charge is 0.396 e. The van der Waals surface area contributed by atoms with E-state index in [1.807, 2.05) is 18.2 Å². The van der Waals surface area contributed by atoms with Crippen LogP contribution in [0, 0.1) is 0 Å². The summed E-state index contributed by atoms with van der Waals surface area (Å²) in [6, 6.07) is 10.1. The summed E-state index contributed by atoms with van der Waals surface area (Å²) in [7, 11) is -3.47. The second-order valence-corrected chi connectivity index (χ2v) is 10.3. The van der Waals surface area contributed by atoms with Gasteiger partial charge in [-0.05, 0) is 55.4 Å². The molecule has 1 aliphatic heterocycles. The van der Waals surface area contributed by atoms with E-state index in [9.17, 15) is 18.0 Å². The van der Waals surface area contributed by atoms with Gasteiger partial charge in [0, 0.05) is 35.9 Å². The number of nitrogens with one attached hydrogen (secondary N) is 2. The van der Waals surface area contributed by atoms with Gasteiger partial charge in [0.05, 0.1) is 10.6 Å². The van der Waals surface area contributed by atoms with Crippen LogP contribution >= 0.6 is 0 Å². The van der Waals surface area contributed by atoms with Crippen molar-refractivity contribution in [1.82, 2.24) is 10.3 Å². The van der Waals surface area contributed by atoms with Crippen LogP contribution in [-0.2, 0) is 14.6 Å². The molecule has 1 aliphatic carbocycles. The number of amides is 1. The molecule has 0 unspecified atom stereocenters. The van der Waals surface area contributed by atoms with E-state index >= 15 is 0 Å².